The maximum Gasteiger partial charge on any atom is 0.159 e. The van der Waals surface area contributed by atoms with E-state index in [-0.39, 0.29) is 6.10 Å². The number of morpholine rings is 1. The van der Waals surface area contributed by atoms with Crippen LogP contribution in [0.4, 0.5) is 0 Å². The highest BCUT2D eigenvalue weighted by Gasteiger charge is 2.22. The molecule has 1 aliphatic heterocycles. The van der Waals surface area contributed by atoms with Gasteiger partial charge in [-0.25, -0.2) is 9.50 Å². The molecule has 22 heavy (non-hydrogen) atoms. The number of ether oxygens (including phenoxy) is 1. The summed E-state index contributed by atoms with van der Waals surface area (Å²) in [5.74, 6) is 0. The molecule has 4 rings (SSSR count). The number of fused-ring (bicyclic) bond motifs is 1. The summed E-state index contributed by atoms with van der Waals surface area (Å²) in [5.41, 5.74) is 3.34. The van der Waals surface area contributed by atoms with Gasteiger partial charge in [0.1, 0.15) is 0 Å². The third kappa shape index (κ3) is 2.61. The van der Waals surface area contributed by atoms with E-state index in [4.69, 9.17) is 4.74 Å². The monoisotopic (exact) mass is 294 g/mol. The molecule has 5 heteroatoms. The van der Waals surface area contributed by atoms with Gasteiger partial charge in [-0.15, -0.1) is 0 Å². The standard InChI is InChI=1S/C17H18N4O/c1-2-5-14(6-3-1)16-13-20(9-10-22-16)12-15-11-19-21-8-4-7-18-17(15)21/h1-8,11,16H,9-10,12-13H2. The third-order valence-corrected chi connectivity index (χ3v) is 4.07. The van der Waals surface area contributed by atoms with Crippen molar-refractivity contribution in [3.8, 4) is 0 Å². The zero-order valence-electron chi connectivity index (χ0n) is 12.3. The van der Waals surface area contributed by atoms with E-state index in [1.807, 2.05) is 35.2 Å². The van der Waals surface area contributed by atoms with Crippen molar-refractivity contribution in [2.75, 3.05) is 19.7 Å². The van der Waals surface area contributed by atoms with Crippen LogP contribution in [0.1, 0.15) is 17.2 Å². The predicted molar refractivity (Wildman–Crippen MR) is 83.4 cm³/mol. The highest BCUT2D eigenvalue weighted by Crippen LogP contribution is 2.23. The van der Waals surface area contributed by atoms with Crippen molar-refractivity contribution in [2.45, 2.75) is 12.6 Å². The molecule has 112 valence electrons. The Bertz CT molecular complexity index is 755. The minimum Gasteiger partial charge on any atom is -0.371 e. The lowest BCUT2D eigenvalue weighted by Crippen LogP contribution is -2.37. The van der Waals surface area contributed by atoms with E-state index >= 15 is 0 Å². The SMILES string of the molecule is c1ccc(C2CN(Cc3cnn4cccnc34)CCO2)cc1. The molecule has 3 aromatic rings. The third-order valence-electron chi connectivity index (χ3n) is 4.07. The summed E-state index contributed by atoms with van der Waals surface area (Å²) < 4.78 is 7.75. The maximum absolute atomic E-state index is 5.92. The second-order valence-electron chi connectivity index (χ2n) is 5.56. The lowest BCUT2D eigenvalue weighted by molar-refractivity contribution is -0.0328. The van der Waals surface area contributed by atoms with Crippen LogP contribution < -0.4 is 0 Å². The maximum atomic E-state index is 5.92. The van der Waals surface area contributed by atoms with Crippen LogP contribution >= 0.6 is 0 Å². The van der Waals surface area contributed by atoms with E-state index in [9.17, 15) is 0 Å². The summed E-state index contributed by atoms with van der Waals surface area (Å²) in [5, 5.41) is 4.36. The molecule has 2 aromatic heterocycles. The molecule has 3 heterocycles. The summed E-state index contributed by atoms with van der Waals surface area (Å²) >= 11 is 0. The molecule has 0 aliphatic carbocycles. The zero-order chi connectivity index (χ0) is 14.8. The van der Waals surface area contributed by atoms with Gasteiger partial charge in [-0.1, -0.05) is 30.3 Å². The number of rotatable bonds is 3. The van der Waals surface area contributed by atoms with Crippen LogP contribution in [-0.2, 0) is 11.3 Å². The van der Waals surface area contributed by atoms with Crippen LogP contribution in [0.25, 0.3) is 5.65 Å². The summed E-state index contributed by atoms with van der Waals surface area (Å²) in [7, 11) is 0. The minimum atomic E-state index is 0.143. The fraction of sp³-hybridized carbons (Fsp3) is 0.294. The van der Waals surface area contributed by atoms with Gasteiger partial charge < -0.3 is 4.74 Å². The molecular weight excluding hydrogens is 276 g/mol. The van der Waals surface area contributed by atoms with Gasteiger partial charge in [-0.2, -0.15) is 5.10 Å². The Morgan fingerprint density at radius 2 is 2.09 bits per heavy atom. The smallest absolute Gasteiger partial charge is 0.159 e. The normalized spacial score (nSPS) is 19.5. The van der Waals surface area contributed by atoms with Gasteiger partial charge in [-0.05, 0) is 11.6 Å². The van der Waals surface area contributed by atoms with Crippen molar-refractivity contribution < 1.29 is 4.74 Å². The molecule has 0 bridgehead atoms. The Hall–Kier alpha value is -2.24. The molecule has 1 fully saturated rings. The first-order valence-electron chi connectivity index (χ1n) is 7.56. The zero-order valence-corrected chi connectivity index (χ0v) is 12.3. The van der Waals surface area contributed by atoms with E-state index in [2.05, 4.69) is 39.2 Å². The molecular formula is C17H18N4O. The average molecular weight is 294 g/mol. The Kier molecular flexibility index (Phi) is 3.58. The molecule has 1 atom stereocenters. The van der Waals surface area contributed by atoms with Crippen LogP contribution in [0.3, 0.4) is 0 Å². The van der Waals surface area contributed by atoms with E-state index in [0.717, 1.165) is 37.5 Å². The molecule has 0 amide bonds. The highest BCUT2D eigenvalue weighted by molar-refractivity contribution is 5.45. The largest absolute Gasteiger partial charge is 0.371 e. The molecule has 0 saturated carbocycles. The number of hydrogen-bond acceptors (Lipinski definition) is 4. The predicted octanol–water partition coefficient (Wildman–Crippen LogP) is 2.30. The summed E-state index contributed by atoms with van der Waals surface area (Å²) in [6, 6.07) is 12.3. The lowest BCUT2D eigenvalue weighted by Gasteiger charge is -2.32. The Morgan fingerprint density at radius 1 is 1.18 bits per heavy atom. The molecule has 0 spiro atoms. The topological polar surface area (TPSA) is 42.7 Å². The van der Waals surface area contributed by atoms with Gasteiger partial charge >= 0.3 is 0 Å². The number of hydrogen-bond donors (Lipinski definition) is 0. The Labute approximate surface area is 129 Å². The van der Waals surface area contributed by atoms with Crippen molar-refractivity contribution in [3.05, 3.63) is 66.1 Å². The van der Waals surface area contributed by atoms with Crippen LogP contribution in [0.15, 0.2) is 55.0 Å². The fourth-order valence-electron chi connectivity index (χ4n) is 2.94. The van der Waals surface area contributed by atoms with Crippen molar-refractivity contribution in [2.24, 2.45) is 0 Å². The van der Waals surface area contributed by atoms with Gasteiger partial charge in [0.15, 0.2) is 5.65 Å². The molecule has 5 nitrogen and oxygen atoms in total. The number of aromatic nitrogens is 3. The number of nitrogens with zero attached hydrogens (tertiary/aromatic N) is 4. The van der Waals surface area contributed by atoms with Crippen molar-refractivity contribution >= 4 is 5.65 Å². The molecule has 1 aromatic carbocycles. The first kappa shape index (κ1) is 13.4. The Balaban J connectivity index is 1.51. The van der Waals surface area contributed by atoms with E-state index in [1.165, 1.54) is 5.56 Å². The van der Waals surface area contributed by atoms with Gasteiger partial charge in [0.25, 0.3) is 0 Å². The molecule has 1 unspecified atom stereocenters. The second kappa shape index (κ2) is 5.87. The van der Waals surface area contributed by atoms with Crippen molar-refractivity contribution in [1.82, 2.24) is 19.5 Å². The van der Waals surface area contributed by atoms with Crippen LogP contribution in [0.2, 0.25) is 0 Å². The fourth-order valence-corrected chi connectivity index (χ4v) is 2.94. The minimum absolute atomic E-state index is 0.143. The van der Waals surface area contributed by atoms with E-state index in [1.54, 1.807) is 0 Å². The van der Waals surface area contributed by atoms with Crippen LogP contribution in [-0.4, -0.2) is 39.2 Å². The lowest BCUT2D eigenvalue weighted by atomic mass is 10.1. The van der Waals surface area contributed by atoms with Gasteiger partial charge in [0.05, 0.1) is 18.9 Å². The molecule has 1 aliphatic rings. The average Bonchev–Trinajstić information content (AvgIpc) is 2.99. The highest BCUT2D eigenvalue weighted by atomic mass is 16.5. The first-order chi connectivity index (χ1) is 10.9. The van der Waals surface area contributed by atoms with Crippen LogP contribution in [0.5, 0.6) is 0 Å². The van der Waals surface area contributed by atoms with Crippen molar-refractivity contribution in [3.63, 3.8) is 0 Å². The van der Waals surface area contributed by atoms with E-state index in [0.29, 0.717) is 0 Å². The first-order valence-corrected chi connectivity index (χ1v) is 7.56. The summed E-state index contributed by atoms with van der Waals surface area (Å²) in [4.78, 5) is 6.84. The second-order valence-corrected chi connectivity index (χ2v) is 5.56. The number of benzene rings is 1. The van der Waals surface area contributed by atoms with E-state index < -0.39 is 0 Å². The van der Waals surface area contributed by atoms with Gasteiger partial charge in [-0.3, -0.25) is 4.90 Å². The molecule has 1 saturated heterocycles. The van der Waals surface area contributed by atoms with Gasteiger partial charge in [0, 0.05) is 37.6 Å². The summed E-state index contributed by atoms with van der Waals surface area (Å²) in [6.45, 7) is 3.45. The van der Waals surface area contributed by atoms with Gasteiger partial charge in [0.2, 0.25) is 0 Å². The van der Waals surface area contributed by atoms with Crippen molar-refractivity contribution in [1.29, 1.82) is 0 Å². The Morgan fingerprint density at radius 3 is 3.00 bits per heavy atom. The summed E-state index contributed by atoms with van der Waals surface area (Å²) in [6.07, 6.45) is 5.80. The molecule has 0 radical (unpaired) electrons. The quantitative estimate of drug-likeness (QED) is 0.743. The van der Waals surface area contributed by atoms with Crippen LogP contribution in [0, 0.1) is 0 Å². The molecule has 0 N–H and O–H groups in total.